The average Bonchev–Trinajstić information content (AvgIpc) is 3.32. The van der Waals surface area contributed by atoms with E-state index in [2.05, 4.69) is 25.2 Å². The molecule has 5 rings (SSSR count). The number of nitrogens with one attached hydrogen (secondary N) is 2. The molecule has 1 amide bonds. The second kappa shape index (κ2) is 6.97. The number of para-hydroxylation sites is 1. The number of aromatic hydroxyl groups is 1. The number of aromatic nitrogens is 3. The van der Waals surface area contributed by atoms with Gasteiger partial charge in [0.05, 0.1) is 16.6 Å². The molecule has 3 N–H and O–H groups in total. The van der Waals surface area contributed by atoms with Gasteiger partial charge < -0.3 is 15.1 Å². The molecule has 0 saturated carbocycles. The molecule has 2 heterocycles. The van der Waals surface area contributed by atoms with Crippen LogP contribution < -0.4 is 0 Å². The summed E-state index contributed by atoms with van der Waals surface area (Å²) in [5, 5.41) is 18.5. The van der Waals surface area contributed by atoms with Crippen LogP contribution in [0.5, 0.6) is 5.88 Å². The van der Waals surface area contributed by atoms with Gasteiger partial charge in [0.1, 0.15) is 5.82 Å². The Labute approximate surface area is 171 Å². The number of fused-ring (bicyclic) bond motifs is 2. The largest absolute Gasteiger partial charge is 0.493 e. The number of aryl methyl sites for hydroxylation is 1. The first-order chi connectivity index (χ1) is 14.6. The van der Waals surface area contributed by atoms with Gasteiger partial charge in [-0.05, 0) is 31.2 Å². The fraction of sp³-hybridized carbons (Fsp3) is 0.0435. The molecule has 0 bridgehead atoms. The van der Waals surface area contributed by atoms with Crippen LogP contribution in [-0.4, -0.2) is 26.0 Å². The molecule has 0 atom stereocenters. The van der Waals surface area contributed by atoms with E-state index in [0.29, 0.717) is 10.9 Å². The molecule has 2 aromatic heterocycles. The van der Waals surface area contributed by atoms with E-state index in [4.69, 9.17) is 0 Å². The number of carbonyl (C=O) groups is 1. The summed E-state index contributed by atoms with van der Waals surface area (Å²) in [7, 11) is 0. The van der Waals surface area contributed by atoms with Crippen LogP contribution in [0.1, 0.15) is 15.9 Å². The lowest BCUT2D eigenvalue weighted by Gasteiger charge is -1.96. The maximum atomic E-state index is 12.6. The van der Waals surface area contributed by atoms with Gasteiger partial charge in [-0.25, -0.2) is 4.98 Å². The van der Waals surface area contributed by atoms with Crippen LogP contribution >= 0.6 is 0 Å². The van der Waals surface area contributed by atoms with E-state index in [1.54, 1.807) is 24.3 Å². The fourth-order valence-corrected chi connectivity index (χ4v) is 3.36. The maximum absolute atomic E-state index is 12.6. The first-order valence-corrected chi connectivity index (χ1v) is 9.41. The Hall–Kier alpha value is -4.26. The number of hydrogen-bond acceptors (Lipinski definition) is 4. The van der Waals surface area contributed by atoms with Crippen molar-refractivity contribution in [2.24, 2.45) is 10.2 Å². The van der Waals surface area contributed by atoms with E-state index in [1.165, 1.54) is 5.56 Å². The monoisotopic (exact) mass is 395 g/mol. The Kier molecular flexibility index (Phi) is 4.14. The van der Waals surface area contributed by atoms with Crippen molar-refractivity contribution in [3.63, 3.8) is 0 Å². The number of benzene rings is 3. The number of carbonyl (C=O) groups excluding carboxylic acids is 1. The zero-order chi connectivity index (χ0) is 20.7. The molecule has 0 fully saturated rings. The van der Waals surface area contributed by atoms with Crippen molar-refractivity contribution in [2.45, 2.75) is 6.92 Å². The molecule has 0 aliphatic heterocycles. The van der Waals surface area contributed by atoms with Crippen molar-refractivity contribution in [1.29, 1.82) is 0 Å². The quantitative estimate of drug-likeness (QED) is 0.344. The third-order valence-electron chi connectivity index (χ3n) is 4.95. The van der Waals surface area contributed by atoms with Crippen LogP contribution in [-0.2, 0) is 0 Å². The summed E-state index contributed by atoms with van der Waals surface area (Å²) in [5.74, 6) is 0.104. The minimum absolute atomic E-state index is 0.125. The molecular formula is C23H17N5O2. The lowest BCUT2D eigenvalue weighted by molar-refractivity contribution is 0.0995. The van der Waals surface area contributed by atoms with Crippen LogP contribution in [0.3, 0.4) is 0 Å². The van der Waals surface area contributed by atoms with Crippen molar-refractivity contribution in [3.8, 4) is 17.3 Å². The summed E-state index contributed by atoms with van der Waals surface area (Å²) in [4.78, 5) is 23.2. The number of imidazole rings is 1. The first kappa shape index (κ1) is 17.8. The van der Waals surface area contributed by atoms with Crippen LogP contribution in [0.25, 0.3) is 33.3 Å². The first-order valence-electron chi connectivity index (χ1n) is 9.41. The summed E-state index contributed by atoms with van der Waals surface area (Å²) < 4.78 is 0. The normalized spacial score (nSPS) is 11.6. The number of rotatable bonds is 3. The van der Waals surface area contributed by atoms with Crippen molar-refractivity contribution < 1.29 is 9.90 Å². The smallest absolute Gasteiger partial charge is 0.295 e. The number of amides is 1. The highest BCUT2D eigenvalue weighted by Gasteiger charge is 2.12. The van der Waals surface area contributed by atoms with Crippen LogP contribution in [0.4, 0.5) is 5.69 Å². The SMILES string of the molecule is Cc1ccc(-c2nc3ccc(C(=O)N=Nc4c(O)[nH]c5ccccc45)cc3[nH]2)cc1. The molecule has 7 heteroatoms. The predicted octanol–water partition coefficient (Wildman–Crippen LogP) is 5.65. The lowest BCUT2D eigenvalue weighted by Crippen LogP contribution is -1.93. The Morgan fingerprint density at radius 2 is 1.77 bits per heavy atom. The van der Waals surface area contributed by atoms with Gasteiger partial charge in [0, 0.05) is 16.5 Å². The van der Waals surface area contributed by atoms with Gasteiger partial charge in [0.25, 0.3) is 5.91 Å². The summed E-state index contributed by atoms with van der Waals surface area (Å²) in [6.07, 6.45) is 0. The molecular weight excluding hydrogens is 378 g/mol. The Balaban J connectivity index is 1.45. The van der Waals surface area contributed by atoms with E-state index in [9.17, 15) is 9.90 Å². The van der Waals surface area contributed by atoms with Crippen molar-refractivity contribution >= 4 is 33.5 Å². The van der Waals surface area contributed by atoms with Crippen molar-refractivity contribution in [3.05, 3.63) is 77.9 Å². The van der Waals surface area contributed by atoms with E-state index in [-0.39, 0.29) is 11.6 Å². The van der Waals surface area contributed by atoms with Gasteiger partial charge in [-0.15, -0.1) is 10.2 Å². The number of aromatic amines is 2. The molecule has 7 nitrogen and oxygen atoms in total. The molecule has 0 radical (unpaired) electrons. The van der Waals surface area contributed by atoms with E-state index >= 15 is 0 Å². The highest BCUT2D eigenvalue weighted by Crippen LogP contribution is 2.35. The lowest BCUT2D eigenvalue weighted by atomic mass is 10.1. The van der Waals surface area contributed by atoms with Crippen LogP contribution in [0.15, 0.2) is 77.0 Å². The zero-order valence-corrected chi connectivity index (χ0v) is 16.0. The van der Waals surface area contributed by atoms with E-state index < -0.39 is 5.91 Å². The zero-order valence-electron chi connectivity index (χ0n) is 16.0. The molecule has 5 aromatic rings. The Bertz CT molecular complexity index is 1430. The molecule has 3 aromatic carbocycles. The minimum Gasteiger partial charge on any atom is -0.493 e. The molecule has 0 spiro atoms. The van der Waals surface area contributed by atoms with Crippen LogP contribution in [0, 0.1) is 6.92 Å². The van der Waals surface area contributed by atoms with Crippen molar-refractivity contribution in [2.75, 3.05) is 0 Å². The molecule has 30 heavy (non-hydrogen) atoms. The van der Waals surface area contributed by atoms with Gasteiger partial charge in [-0.1, -0.05) is 48.0 Å². The minimum atomic E-state index is -0.506. The second-order valence-electron chi connectivity index (χ2n) is 7.06. The standard InChI is InChI=1S/C23H17N5O2/c1-13-6-8-14(9-7-13)21-24-18-11-10-15(12-19(18)25-21)22(29)28-27-20-16-4-2-3-5-17(16)26-23(20)30/h2-12,26,30H,1H3,(H,24,25). The van der Waals surface area contributed by atoms with Gasteiger partial charge in [-0.2, -0.15) is 0 Å². The topological polar surface area (TPSA) is 106 Å². The molecule has 0 unspecified atom stereocenters. The fourth-order valence-electron chi connectivity index (χ4n) is 3.36. The second-order valence-corrected chi connectivity index (χ2v) is 7.06. The molecule has 146 valence electrons. The molecule has 0 saturated heterocycles. The summed E-state index contributed by atoms with van der Waals surface area (Å²) in [6.45, 7) is 2.03. The average molecular weight is 395 g/mol. The highest BCUT2D eigenvalue weighted by atomic mass is 16.3. The van der Waals surface area contributed by atoms with Gasteiger partial charge in [0.2, 0.25) is 5.88 Å². The van der Waals surface area contributed by atoms with Gasteiger partial charge >= 0.3 is 0 Å². The van der Waals surface area contributed by atoms with E-state index in [0.717, 1.165) is 27.9 Å². The number of H-pyrrole nitrogens is 2. The van der Waals surface area contributed by atoms with E-state index in [1.807, 2.05) is 49.4 Å². The predicted molar refractivity (Wildman–Crippen MR) is 115 cm³/mol. The van der Waals surface area contributed by atoms with Crippen molar-refractivity contribution in [1.82, 2.24) is 15.0 Å². The number of azo groups is 1. The summed E-state index contributed by atoms with van der Waals surface area (Å²) in [6, 6.07) is 20.5. The third kappa shape index (κ3) is 3.12. The number of nitrogens with zero attached hydrogens (tertiary/aromatic N) is 3. The maximum Gasteiger partial charge on any atom is 0.295 e. The molecule has 0 aliphatic carbocycles. The number of hydrogen-bond donors (Lipinski definition) is 3. The third-order valence-corrected chi connectivity index (χ3v) is 4.95. The van der Waals surface area contributed by atoms with Gasteiger partial charge in [-0.3, -0.25) is 4.79 Å². The van der Waals surface area contributed by atoms with Crippen LogP contribution in [0.2, 0.25) is 0 Å². The summed E-state index contributed by atoms with van der Waals surface area (Å²) >= 11 is 0. The van der Waals surface area contributed by atoms with Gasteiger partial charge in [0.15, 0.2) is 5.69 Å². The summed E-state index contributed by atoms with van der Waals surface area (Å²) in [5.41, 5.74) is 4.98. The highest BCUT2D eigenvalue weighted by molar-refractivity contribution is 5.99. The Morgan fingerprint density at radius 1 is 0.967 bits per heavy atom. The molecule has 0 aliphatic rings. The Morgan fingerprint density at radius 3 is 2.60 bits per heavy atom.